The molecule has 2 aromatic heterocycles. The second-order valence-electron chi connectivity index (χ2n) is 16.2. The van der Waals surface area contributed by atoms with Crippen molar-refractivity contribution in [3.8, 4) is 23.1 Å². The van der Waals surface area contributed by atoms with E-state index in [9.17, 15) is 18.4 Å². The second-order valence-corrected chi connectivity index (χ2v) is 17.6. The maximum Gasteiger partial charge on any atom is 0.411 e. The van der Waals surface area contributed by atoms with Crippen molar-refractivity contribution in [2.45, 2.75) is 107 Å². The van der Waals surface area contributed by atoms with E-state index in [0.29, 0.717) is 23.4 Å². The lowest BCUT2D eigenvalue weighted by molar-refractivity contribution is -0.0936. The molecule has 5 heterocycles. The van der Waals surface area contributed by atoms with E-state index in [1.165, 1.54) is 4.90 Å². The average molecular weight is 729 g/mol. The van der Waals surface area contributed by atoms with Crippen LogP contribution in [0.5, 0.6) is 0 Å². The van der Waals surface area contributed by atoms with Crippen LogP contribution in [-0.4, -0.2) is 76.5 Å². The lowest BCUT2D eigenvalue weighted by Gasteiger charge is -2.38. The molecule has 5 unspecified atom stereocenters. The van der Waals surface area contributed by atoms with Crippen molar-refractivity contribution in [3.05, 3.63) is 71.4 Å². The van der Waals surface area contributed by atoms with Crippen molar-refractivity contribution >= 4 is 35.0 Å². The fourth-order valence-electron chi connectivity index (χ4n) is 7.86. The number of nitrogens with one attached hydrogen (secondary N) is 2. The summed E-state index contributed by atoms with van der Waals surface area (Å²) < 4.78 is 41.2. The van der Waals surface area contributed by atoms with E-state index in [-0.39, 0.29) is 29.1 Å². The lowest BCUT2D eigenvalue weighted by Crippen LogP contribution is -2.48. The number of rotatable bonds is 3. The van der Waals surface area contributed by atoms with Crippen LogP contribution in [0.2, 0.25) is 0 Å². The Hall–Kier alpha value is -4.57. The van der Waals surface area contributed by atoms with Gasteiger partial charge >= 0.3 is 12.2 Å². The van der Waals surface area contributed by atoms with Crippen LogP contribution in [0.4, 0.5) is 18.4 Å². The predicted molar refractivity (Wildman–Crippen MR) is 194 cm³/mol. The molecule has 2 N–H and O–H groups in total. The molecule has 0 radical (unpaired) electrons. The van der Waals surface area contributed by atoms with E-state index in [4.69, 9.17) is 9.47 Å². The standard InChI is InChI=1S/C39H42F2N6O4S/c1-36(2,3)50-34(48)46-17-7-16-39(46)31(52-39)33-42-21-29(45-33)24-13-10-22(11-14-24)8-9-23-12-15-27-28(18-23)44-32(43-27)30-26-19-25(20-38(26,40)41)47(30)35(49)51-37(4,5)6/h10-15,18,21,25-26,30-31H,7,16-17,19-20H2,1-6H3,(H,42,45)(H,43,44). The summed E-state index contributed by atoms with van der Waals surface area (Å²) in [6, 6.07) is 11.9. The molecular formula is C39H42F2N6O4S. The Morgan fingerprint density at radius 2 is 1.63 bits per heavy atom. The highest BCUT2D eigenvalue weighted by molar-refractivity contribution is 8.08. The maximum absolute atomic E-state index is 15.0. The Morgan fingerprint density at radius 1 is 0.942 bits per heavy atom. The quantitative estimate of drug-likeness (QED) is 0.160. The molecule has 1 aliphatic carbocycles. The third-order valence-corrected chi connectivity index (χ3v) is 11.8. The summed E-state index contributed by atoms with van der Waals surface area (Å²) in [5.41, 5.74) is 3.38. The van der Waals surface area contributed by atoms with Crippen molar-refractivity contribution < 1.29 is 27.8 Å². The van der Waals surface area contributed by atoms with Gasteiger partial charge in [0.25, 0.3) is 5.92 Å². The number of hydrogen-bond donors (Lipinski definition) is 2. The fraction of sp³-hybridized carbons (Fsp3) is 0.487. The molecule has 10 nitrogen and oxygen atoms in total. The van der Waals surface area contributed by atoms with Gasteiger partial charge in [-0.25, -0.2) is 28.3 Å². The van der Waals surface area contributed by atoms with Crippen molar-refractivity contribution in [1.29, 1.82) is 0 Å². The number of halogens is 2. The Bertz CT molecular complexity index is 2120. The van der Waals surface area contributed by atoms with Crippen LogP contribution >= 0.6 is 11.8 Å². The van der Waals surface area contributed by atoms with Crippen molar-refractivity contribution in [2.24, 2.45) is 5.92 Å². The molecule has 2 bridgehead atoms. The molecule has 4 aliphatic rings. The molecule has 1 spiro atoms. The SMILES string of the molecule is CC(C)(C)OC(=O)N1C2CC(C1c1nc3ccc(C#Cc4ccc(-c5cnc(C6SC67CCCN7C(=O)OC(C)(C)C)[nH]5)cc4)cc3[nH]1)C(F)(F)C2. The van der Waals surface area contributed by atoms with Gasteiger partial charge in [0.05, 0.1) is 34.1 Å². The number of hydrogen-bond acceptors (Lipinski definition) is 7. The van der Waals surface area contributed by atoms with Crippen molar-refractivity contribution in [2.75, 3.05) is 6.54 Å². The highest BCUT2D eigenvalue weighted by atomic mass is 32.2. The number of likely N-dealkylation sites (tertiary alicyclic amines) is 2. The number of amides is 2. The molecule has 4 aromatic rings. The number of imidazole rings is 2. The summed E-state index contributed by atoms with van der Waals surface area (Å²) in [6.07, 6.45) is 2.64. The van der Waals surface area contributed by atoms with Gasteiger partial charge in [-0.05, 0) is 96.7 Å². The highest BCUT2D eigenvalue weighted by Crippen LogP contribution is 2.70. The first kappa shape index (κ1) is 34.5. The summed E-state index contributed by atoms with van der Waals surface area (Å²) in [5, 5.41) is 0.0721. The van der Waals surface area contributed by atoms with Gasteiger partial charge in [0.2, 0.25) is 0 Å². The molecule has 8 rings (SSSR count). The van der Waals surface area contributed by atoms with E-state index >= 15 is 0 Å². The van der Waals surface area contributed by atoms with Crippen LogP contribution in [0, 0.1) is 17.8 Å². The van der Waals surface area contributed by atoms with Gasteiger partial charge in [-0.2, -0.15) is 0 Å². The summed E-state index contributed by atoms with van der Waals surface area (Å²) in [4.78, 5) is 45.1. The molecule has 2 aromatic carbocycles. The van der Waals surface area contributed by atoms with Crippen LogP contribution in [0.15, 0.2) is 48.7 Å². The Labute approximate surface area is 305 Å². The number of piperidine rings is 1. The van der Waals surface area contributed by atoms with E-state index in [1.807, 2.05) is 74.3 Å². The van der Waals surface area contributed by atoms with Gasteiger partial charge in [-0.3, -0.25) is 9.80 Å². The minimum Gasteiger partial charge on any atom is -0.444 e. The Kier molecular flexibility index (Phi) is 7.95. The average Bonchev–Trinajstić information content (AvgIpc) is 3.64. The maximum atomic E-state index is 15.0. The lowest BCUT2D eigenvalue weighted by atomic mass is 9.94. The summed E-state index contributed by atoms with van der Waals surface area (Å²) in [5.74, 6) is 3.66. The number of benzene rings is 2. The van der Waals surface area contributed by atoms with Crippen molar-refractivity contribution in [3.63, 3.8) is 0 Å². The number of aromatic amines is 2. The monoisotopic (exact) mass is 728 g/mol. The third-order valence-electron chi connectivity index (χ3n) is 10.1. The number of thioether (sulfide) groups is 1. The molecule has 2 amide bonds. The van der Waals surface area contributed by atoms with Crippen molar-refractivity contribution in [1.82, 2.24) is 29.7 Å². The molecule has 1 saturated carbocycles. The number of carbonyl (C=O) groups excluding carboxylic acids is 2. The molecule has 5 atom stereocenters. The Morgan fingerprint density at radius 3 is 2.37 bits per heavy atom. The molecule has 4 fully saturated rings. The van der Waals surface area contributed by atoms with Crippen LogP contribution in [0.3, 0.4) is 0 Å². The number of H-pyrrole nitrogens is 2. The number of carbonyl (C=O) groups is 2. The van der Waals surface area contributed by atoms with Gasteiger partial charge in [0, 0.05) is 30.1 Å². The largest absolute Gasteiger partial charge is 0.444 e. The zero-order valence-corrected chi connectivity index (χ0v) is 30.9. The highest BCUT2D eigenvalue weighted by Gasteiger charge is 2.66. The molecular weight excluding hydrogens is 687 g/mol. The zero-order valence-electron chi connectivity index (χ0n) is 30.0. The summed E-state index contributed by atoms with van der Waals surface area (Å²) in [6.45, 7) is 11.6. The zero-order chi connectivity index (χ0) is 36.8. The molecule has 3 aliphatic heterocycles. The van der Waals surface area contributed by atoms with Gasteiger partial charge < -0.3 is 19.4 Å². The van der Waals surface area contributed by atoms with Gasteiger partial charge in [-0.15, -0.1) is 11.8 Å². The molecule has 52 heavy (non-hydrogen) atoms. The smallest absolute Gasteiger partial charge is 0.411 e. The number of alkyl halides is 2. The minimum atomic E-state index is -2.89. The van der Waals surface area contributed by atoms with Gasteiger partial charge in [0.15, 0.2) is 0 Å². The normalized spacial score (nSPS) is 26.2. The van der Waals surface area contributed by atoms with Crippen LogP contribution in [-0.2, 0) is 9.47 Å². The van der Waals surface area contributed by atoms with E-state index in [2.05, 4.69) is 31.8 Å². The summed E-state index contributed by atoms with van der Waals surface area (Å²) >= 11 is 1.75. The first-order valence-corrected chi connectivity index (χ1v) is 18.6. The summed E-state index contributed by atoms with van der Waals surface area (Å²) in [7, 11) is 0. The van der Waals surface area contributed by atoms with E-state index in [0.717, 1.165) is 41.1 Å². The van der Waals surface area contributed by atoms with Crippen LogP contribution < -0.4 is 0 Å². The molecule has 3 saturated heterocycles. The fourth-order valence-corrected chi connectivity index (χ4v) is 9.34. The number of nitrogens with zero attached hydrogens (tertiary/aromatic N) is 4. The van der Waals surface area contributed by atoms with Crippen LogP contribution in [0.1, 0.15) is 101 Å². The van der Waals surface area contributed by atoms with Crippen LogP contribution in [0.25, 0.3) is 22.3 Å². The first-order valence-electron chi connectivity index (χ1n) is 17.7. The molecule has 272 valence electrons. The first-order chi connectivity index (χ1) is 24.5. The number of aromatic nitrogens is 4. The number of ether oxygens (including phenoxy) is 2. The predicted octanol–water partition coefficient (Wildman–Crippen LogP) is 8.57. The van der Waals surface area contributed by atoms with Gasteiger partial charge in [0.1, 0.15) is 33.8 Å². The minimum absolute atomic E-state index is 0.0721. The van der Waals surface area contributed by atoms with Gasteiger partial charge in [-0.1, -0.05) is 24.0 Å². The number of fused-ring (bicyclic) bond motifs is 3. The molecule has 13 heteroatoms. The topological polar surface area (TPSA) is 116 Å². The van der Waals surface area contributed by atoms with E-state index in [1.54, 1.807) is 32.5 Å². The third kappa shape index (κ3) is 6.29. The Balaban J connectivity index is 0.958. The van der Waals surface area contributed by atoms with E-state index < -0.39 is 41.2 Å². The second kappa shape index (κ2) is 12.0.